The van der Waals surface area contributed by atoms with Crippen molar-refractivity contribution < 1.29 is 4.92 Å². The smallest absolute Gasteiger partial charge is 0.269 e. The predicted molar refractivity (Wildman–Crippen MR) is 84.0 cm³/mol. The summed E-state index contributed by atoms with van der Waals surface area (Å²) in [6.07, 6.45) is 5.53. The standard InChI is InChI=1S/C16H25N3O2/c1-2-10-18(15-8-6-14(17)7-9-15)12-13-4-3-5-16(11-13)19(20)21/h3-5,11,14-15H,2,6-10,12,17H2,1H3. The van der Waals surface area contributed by atoms with E-state index in [0.717, 1.165) is 50.8 Å². The molecule has 0 aromatic heterocycles. The molecule has 0 unspecified atom stereocenters. The Labute approximate surface area is 126 Å². The van der Waals surface area contributed by atoms with Crippen LogP contribution in [0.2, 0.25) is 0 Å². The zero-order valence-corrected chi connectivity index (χ0v) is 12.7. The summed E-state index contributed by atoms with van der Waals surface area (Å²) >= 11 is 0. The Morgan fingerprint density at radius 3 is 2.67 bits per heavy atom. The first-order valence-corrected chi connectivity index (χ1v) is 7.83. The summed E-state index contributed by atoms with van der Waals surface area (Å²) in [6.45, 7) is 3.99. The van der Waals surface area contributed by atoms with Gasteiger partial charge in [-0.15, -0.1) is 0 Å². The molecule has 1 fully saturated rings. The minimum Gasteiger partial charge on any atom is -0.328 e. The van der Waals surface area contributed by atoms with Gasteiger partial charge in [-0.25, -0.2) is 0 Å². The summed E-state index contributed by atoms with van der Waals surface area (Å²) in [4.78, 5) is 13.0. The van der Waals surface area contributed by atoms with Crippen LogP contribution >= 0.6 is 0 Å². The number of rotatable bonds is 6. The molecule has 2 rings (SSSR count). The first-order valence-electron chi connectivity index (χ1n) is 7.83. The third-order valence-corrected chi connectivity index (χ3v) is 4.28. The van der Waals surface area contributed by atoms with Gasteiger partial charge in [0.15, 0.2) is 0 Å². The topological polar surface area (TPSA) is 72.4 Å². The summed E-state index contributed by atoms with van der Waals surface area (Å²) in [7, 11) is 0. The van der Waals surface area contributed by atoms with Gasteiger partial charge in [-0.2, -0.15) is 0 Å². The van der Waals surface area contributed by atoms with Crippen LogP contribution < -0.4 is 5.73 Å². The Bertz CT molecular complexity index is 470. The average molecular weight is 291 g/mol. The van der Waals surface area contributed by atoms with E-state index in [9.17, 15) is 10.1 Å². The number of nitrogens with two attached hydrogens (primary N) is 1. The highest BCUT2D eigenvalue weighted by Crippen LogP contribution is 2.24. The Morgan fingerprint density at radius 2 is 2.05 bits per heavy atom. The Kier molecular flexibility index (Phi) is 5.70. The van der Waals surface area contributed by atoms with Crippen LogP contribution in [0, 0.1) is 10.1 Å². The van der Waals surface area contributed by atoms with E-state index < -0.39 is 0 Å². The zero-order valence-electron chi connectivity index (χ0n) is 12.7. The van der Waals surface area contributed by atoms with Gasteiger partial charge < -0.3 is 5.73 Å². The van der Waals surface area contributed by atoms with Crippen molar-refractivity contribution in [1.82, 2.24) is 4.90 Å². The third kappa shape index (κ3) is 4.51. The van der Waals surface area contributed by atoms with Gasteiger partial charge in [0.25, 0.3) is 5.69 Å². The lowest BCUT2D eigenvalue weighted by Gasteiger charge is -2.36. The molecule has 21 heavy (non-hydrogen) atoms. The summed E-state index contributed by atoms with van der Waals surface area (Å²) in [6, 6.07) is 7.90. The van der Waals surface area contributed by atoms with Gasteiger partial charge in [-0.3, -0.25) is 15.0 Å². The fourth-order valence-electron chi connectivity index (χ4n) is 3.15. The highest BCUT2D eigenvalue weighted by Gasteiger charge is 2.24. The van der Waals surface area contributed by atoms with Crippen molar-refractivity contribution in [3.05, 3.63) is 39.9 Å². The van der Waals surface area contributed by atoms with E-state index in [-0.39, 0.29) is 10.6 Å². The van der Waals surface area contributed by atoms with Gasteiger partial charge in [0.05, 0.1) is 4.92 Å². The third-order valence-electron chi connectivity index (χ3n) is 4.28. The predicted octanol–water partition coefficient (Wildman–Crippen LogP) is 3.08. The van der Waals surface area contributed by atoms with Crippen molar-refractivity contribution in [2.75, 3.05) is 6.54 Å². The molecule has 0 atom stereocenters. The van der Waals surface area contributed by atoms with E-state index in [1.54, 1.807) is 18.2 Å². The maximum absolute atomic E-state index is 10.9. The Morgan fingerprint density at radius 1 is 1.33 bits per heavy atom. The molecule has 0 spiro atoms. The molecule has 1 aliphatic rings. The summed E-state index contributed by atoms with van der Waals surface area (Å²) < 4.78 is 0. The average Bonchev–Trinajstić information content (AvgIpc) is 2.48. The minimum absolute atomic E-state index is 0.176. The van der Waals surface area contributed by atoms with E-state index in [0.29, 0.717) is 12.1 Å². The molecular formula is C16H25N3O2. The van der Waals surface area contributed by atoms with Gasteiger partial charge in [0.2, 0.25) is 0 Å². The number of non-ortho nitro benzene ring substituents is 1. The fourth-order valence-corrected chi connectivity index (χ4v) is 3.15. The molecular weight excluding hydrogens is 266 g/mol. The second kappa shape index (κ2) is 7.52. The normalized spacial score (nSPS) is 22.4. The Balaban J connectivity index is 2.05. The zero-order chi connectivity index (χ0) is 15.2. The molecule has 1 aliphatic carbocycles. The lowest BCUT2D eigenvalue weighted by Crippen LogP contribution is -2.40. The van der Waals surface area contributed by atoms with Gasteiger partial charge >= 0.3 is 0 Å². The monoisotopic (exact) mass is 291 g/mol. The molecule has 116 valence electrons. The van der Waals surface area contributed by atoms with Gasteiger partial charge in [0.1, 0.15) is 0 Å². The Hall–Kier alpha value is -1.46. The first kappa shape index (κ1) is 15.9. The first-order chi connectivity index (χ1) is 10.1. The molecule has 0 aliphatic heterocycles. The molecule has 5 heteroatoms. The quantitative estimate of drug-likeness (QED) is 0.645. The van der Waals surface area contributed by atoms with Crippen molar-refractivity contribution in [3.8, 4) is 0 Å². The van der Waals surface area contributed by atoms with E-state index in [2.05, 4.69) is 11.8 Å². The maximum atomic E-state index is 10.9. The highest BCUT2D eigenvalue weighted by molar-refractivity contribution is 5.34. The number of benzene rings is 1. The van der Waals surface area contributed by atoms with E-state index in [1.807, 2.05) is 6.07 Å². The molecule has 1 aromatic rings. The second-order valence-corrected chi connectivity index (χ2v) is 5.97. The van der Waals surface area contributed by atoms with Crippen LogP contribution in [0.25, 0.3) is 0 Å². The SMILES string of the molecule is CCCN(Cc1cccc([N+](=O)[O-])c1)C1CCC(N)CC1. The number of nitrogens with zero attached hydrogens (tertiary/aromatic N) is 2. The van der Waals surface area contributed by atoms with Crippen molar-refractivity contribution in [2.45, 2.75) is 57.7 Å². The van der Waals surface area contributed by atoms with E-state index in [4.69, 9.17) is 5.73 Å². The van der Waals surface area contributed by atoms with Gasteiger partial charge in [-0.1, -0.05) is 19.1 Å². The molecule has 0 radical (unpaired) electrons. The van der Waals surface area contributed by atoms with Crippen LogP contribution in [0.4, 0.5) is 5.69 Å². The molecule has 2 N–H and O–H groups in total. The maximum Gasteiger partial charge on any atom is 0.269 e. The van der Waals surface area contributed by atoms with E-state index in [1.165, 1.54) is 0 Å². The van der Waals surface area contributed by atoms with Crippen molar-refractivity contribution >= 4 is 5.69 Å². The van der Waals surface area contributed by atoms with Crippen LogP contribution in [0.3, 0.4) is 0 Å². The van der Waals surface area contributed by atoms with E-state index >= 15 is 0 Å². The van der Waals surface area contributed by atoms with Crippen LogP contribution in [0.5, 0.6) is 0 Å². The summed E-state index contributed by atoms with van der Waals surface area (Å²) in [5, 5.41) is 10.9. The molecule has 0 heterocycles. The van der Waals surface area contributed by atoms with Crippen LogP contribution in [-0.4, -0.2) is 28.5 Å². The fraction of sp³-hybridized carbons (Fsp3) is 0.625. The van der Waals surface area contributed by atoms with Gasteiger partial charge in [0, 0.05) is 30.8 Å². The van der Waals surface area contributed by atoms with Crippen molar-refractivity contribution in [1.29, 1.82) is 0 Å². The highest BCUT2D eigenvalue weighted by atomic mass is 16.6. The number of hydrogen-bond acceptors (Lipinski definition) is 4. The van der Waals surface area contributed by atoms with Gasteiger partial charge in [-0.05, 0) is 44.2 Å². The minimum atomic E-state index is -0.326. The summed E-state index contributed by atoms with van der Waals surface area (Å²) in [5.74, 6) is 0. The van der Waals surface area contributed by atoms with Crippen LogP contribution in [0.15, 0.2) is 24.3 Å². The summed E-state index contributed by atoms with van der Waals surface area (Å²) in [5.41, 5.74) is 7.18. The molecule has 0 bridgehead atoms. The molecule has 1 saturated carbocycles. The van der Waals surface area contributed by atoms with Crippen LogP contribution in [0.1, 0.15) is 44.6 Å². The second-order valence-electron chi connectivity index (χ2n) is 5.97. The molecule has 5 nitrogen and oxygen atoms in total. The van der Waals surface area contributed by atoms with Crippen molar-refractivity contribution in [2.24, 2.45) is 5.73 Å². The number of hydrogen-bond donors (Lipinski definition) is 1. The number of nitro benzene ring substituents is 1. The molecule has 1 aromatic carbocycles. The molecule has 0 saturated heterocycles. The largest absolute Gasteiger partial charge is 0.328 e. The lowest BCUT2D eigenvalue weighted by atomic mass is 9.90. The molecule has 0 amide bonds. The lowest BCUT2D eigenvalue weighted by molar-refractivity contribution is -0.384. The van der Waals surface area contributed by atoms with Crippen molar-refractivity contribution in [3.63, 3.8) is 0 Å². The number of nitro groups is 1. The van der Waals surface area contributed by atoms with Crippen LogP contribution in [-0.2, 0) is 6.54 Å².